The highest BCUT2D eigenvalue weighted by molar-refractivity contribution is 7.15. The van der Waals surface area contributed by atoms with E-state index in [1.807, 2.05) is 0 Å². The van der Waals surface area contributed by atoms with Gasteiger partial charge < -0.3 is 5.32 Å². The van der Waals surface area contributed by atoms with E-state index in [1.54, 1.807) is 24.1 Å². The van der Waals surface area contributed by atoms with Crippen LogP contribution in [-0.4, -0.2) is 14.8 Å². The second-order valence-corrected chi connectivity index (χ2v) is 4.43. The Morgan fingerprint density at radius 2 is 2.18 bits per heavy atom. The second kappa shape index (κ2) is 4.36. The highest BCUT2D eigenvalue weighted by Gasteiger charge is 2.33. The lowest BCUT2D eigenvalue weighted by Crippen LogP contribution is -2.00. The largest absolute Gasteiger partial charge is 0.427 e. The average molecular weight is 262 g/mol. The molecule has 0 aliphatic heterocycles. The lowest BCUT2D eigenvalue weighted by atomic mass is 10.4. The normalized spacial score (nSPS) is 11.8. The highest BCUT2D eigenvalue weighted by Crippen LogP contribution is 2.35. The summed E-state index contributed by atoms with van der Waals surface area (Å²) in [4.78, 5) is 2.96. The van der Waals surface area contributed by atoms with Crippen LogP contribution in [0.1, 0.15) is 10.4 Å². The number of aromatic nitrogens is 3. The maximum absolute atomic E-state index is 12.3. The molecular formula is C9H9F3N4S. The Balaban J connectivity index is 1.98. The lowest BCUT2D eigenvalue weighted by molar-refractivity contribution is -0.134. The number of anilines is 1. The van der Waals surface area contributed by atoms with Crippen molar-refractivity contribution >= 4 is 16.5 Å². The van der Waals surface area contributed by atoms with Gasteiger partial charge >= 0.3 is 6.18 Å². The lowest BCUT2D eigenvalue weighted by Gasteiger charge is -2.00. The second-order valence-electron chi connectivity index (χ2n) is 3.40. The molecule has 2 rings (SSSR count). The van der Waals surface area contributed by atoms with Crippen molar-refractivity contribution in [2.45, 2.75) is 12.7 Å². The smallest absolute Gasteiger partial charge is 0.357 e. The van der Waals surface area contributed by atoms with Crippen molar-refractivity contribution in [2.75, 3.05) is 5.32 Å². The van der Waals surface area contributed by atoms with Gasteiger partial charge in [0.05, 0.1) is 12.4 Å². The molecule has 92 valence electrons. The summed E-state index contributed by atoms with van der Waals surface area (Å²) >= 11 is 0.591. The monoisotopic (exact) mass is 262 g/mol. The van der Waals surface area contributed by atoms with Crippen molar-refractivity contribution in [1.29, 1.82) is 0 Å². The Morgan fingerprint density at radius 3 is 2.71 bits per heavy atom. The summed E-state index contributed by atoms with van der Waals surface area (Å²) in [6, 6.07) is 0. The van der Waals surface area contributed by atoms with Gasteiger partial charge in [-0.15, -0.1) is 0 Å². The number of rotatable bonds is 3. The molecule has 0 unspecified atom stereocenters. The van der Waals surface area contributed by atoms with Crippen LogP contribution in [0.2, 0.25) is 0 Å². The van der Waals surface area contributed by atoms with Crippen LogP contribution in [0.4, 0.5) is 18.3 Å². The van der Waals surface area contributed by atoms with E-state index < -0.39 is 11.1 Å². The zero-order valence-electron chi connectivity index (χ0n) is 8.82. The third-order valence-corrected chi connectivity index (χ3v) is 2.99. The quantitative estimate of drug-likeness (QED) is 0.924. The Labute approximate surface area is 99.1 Å². The molecule has 8 heteroatoms. The predicted octanol–water partition coefficient (Wildman–Crippen LogP) is 2.51. The standard InChI is InChI=1S/C9H9F3N4S/c1-16-5-6(3-15-16)2-13-8-14-4-7(17-8)9(10,11)12/h3-5H,2H2,1H3,(H,13,14). The van der Waals surface area contributed by atoms with Gasteiger partial charge in [-0.1, -0.05) is 11.3 Å². The number of halogens is 3. The molecule has 0 radical (unpaired) electrons. The first-order chi connectivity index (χ1) is 7.95. The third-order valence-electron chi connectivity index (χ3n) is 1.99. The van der Waals surface area contributed by atoms with Crippen molar-refractivity contribution in [1.82, 2.24) is 14.8 Å². The number of nitrogens with zero attached hydrogens (tertiary/aromatic N) is 3. The Morgan fingerprint density at radius 1 is 1.41 bits per heavy atom. The number of alkyl halides is 3. The minimum Gasteiger partial charge on any atom is -0.357 e. The van der Waals surface area contributed by atoms with Crippen molar-refractivity contribution in [3.05, 3.63) is 29.0 Å². The SMILES string of the molecule is Cn1cc(CNc2ncc(C(F)(F)F)s2)cn1. The van der Waals surface area contributed by atoms with Crippen LogP contribution in [0, 0.1) is 0 Å². The molecule has 0 aliphatic rings. The van der Waals surface area contributed by atoms with Gasteiger partial charge in [0.2, 0.25) is 0 Å². The molecule has 4 nitrogen and oxygen atoms in total. The van der Waals surface area contributed by atoms with Crippen LogP contribution in [0.5, 0.6) is 0 Å². The fraction of sp³-hybridized carbons (Fsp3) is 0.333. The maximum Gasteiger partial charge on any atom is 0.427 e. The first kappa shape index (κ1) is 11.9. The molecule has 17 heavy (non-hydrogen) atoms. The number of thiazole rings is 1. The summed E-state index contributed by atoms with van der Waals surface area (Å²) in [6.45, 7) is 0.401. The van der Waals surface area contributed by atoms with Crippen molar-refractivity contribution in [2.24, 2.45) is 7.05 Å². The van der Waals surface area contributed by atoms with E-state index in [4.69, 9.17) is 0 Å². The summed E-state index contributed by atoms with van der Waals surface area (Å²) in [6.07, 6.45) is -0.0707. The molecule has 1 N–H and O–H groups in total. The van der Waals surface area contributed by atoms with Crippen molar-refractivity contribution in [3.63, 3.8) is 0 Å². The third kappa shape index (κ3) is 2.96. The van der Waals surface area contributed by atoms with Crippen LogP contribution in [0.25, 0.3) is 0 Å². The fourth-order valence-corrected chi connectivity index (χ4v) is 1.91. The topological polar surface area (TPSA) is 42.7 Å². The average Bonchev–Trinajstić information content (AvgIpc) is 2.82. The van der Waals surface area contributed by atoms with Gasteiger partial charge in [0, 0.05) is 25.4 Å². The Hall–Kier alpha value is -1.57. The van der Waals surface area contributed by atoms with Gasteiger partial charge in [-0.05, 0) is 0 Å². The van der Waals surface area contributed by atoms with E-state index >= 15 is 0 Å². The molecule has 0 saturated heterocycles. The predicted molar refractivity (Wildman–Crippen MR) is 57.7 cm³/mol. The van der Waals surface area contributed by atoms with Gasteiger partial charge in [0.25, 0.3) is 0 Å². The molecule has 0 atom stereocenters. The first-order valence-electron chi connectivity index (χ1n) is 4.69. The maximum atomic E-state index is 12.3. The van der Waals surface area contributed by atoms with Crippen LogP contribution < -0.4 is 5.32 Å². The molecule has 0 bridgehead atoms. The van der Waals surface area contributed by atoms with Gasteiger partial charge in [0.1, 0.15) is 4.88 Å². The molecule has 2 aromatic rings. The van der Waals surface area contributed by atoms with Crippen molar-refractivity contribution < 1.29 is 13.2 Å². The zero-order valence-corrected chi connectivity index (χ0v) is 9.64. The summed E-state index contributed by atoms with van der Waals surface area (Å²) in [5.74, 6) is 0. The van der Waals surface area contributed by atoms with E-state index in [-0.39, 0.29) is 5.13 Å². The molecule has 2 heterocycles. The van der Waals surface area contributed by atoms with E-state index in [9.17, 15) is 13.2 Å². The first-order valence-corrected chi connectivity index (χ1v) is 5.51. The van der Waals surface area contributed by atoms with E-state index in [0.717, 1.165) is 11.8 Å². The van der Waals surface area contributed by atoms with Crippen LogP contribution in [0.15, 0.2) is 18.6 Å². The zero-order chi connectivity index (χ0) is 12.5. The van der Waals surface area contributed by atoms with E-state index in [2.05, 4.69) is 15.4 Å². The summed E-state index contributed by atoms with van der Waals surface area (Å²) in [5.41, 5.74) is 0.885. The van der Waals surface area contributed by atoms with Gasteiger partial charge in [-0.25, -0.2) is 4.98 Å². The number of hydrogen-bond donors (Lipinski definition) is 1. The Bertz CT molecular complexity index is 502. The Kier molecular flexibility index (Phi) is 3.05. The molecule has 0 aromatic carbocycles. The number of aryl methyl sites for hydroxylation is 1. The van der Waals surface area contributed by atoms with Crippen molar-refractivity contribution in [3.8, 4) is 0 Å². The van der Waals surface area contributed by atoms with E-state index in [1.165, 1.54) is 0 Å². The molecule has 0 fully saturated rings. The number of hydrogen-bond acceptors (Lipinski definition) is 4. The minimum absolute atomic E-state index is 0.251. The molecule has 0 aliphatic carbocycles. The minimum atomic E-state index is -4.33. The summed E-state index contributed by atoms with van der Waals surface area (Å²) in [5, 5.41) is 7.02. The number of nitrogens with one attached hydrogen (secondary N) is 1. The van der Waals surface area contributed by atoms with Crippen LogP contribution in [-0.2, 0) is 19.8 Å². The molecule has 2 aromatic heterocycles. The van der Waals surface area contributed by atoms with Gasteiger partial charge in [-0.3, -0.25) is 4.68 Å². The molecule has 0 saturated carbocycles. The molecular weight excluding hydrogens is 253 g/mol. The molecule has 0 spiro atoms. The van der Waals surface area contributed by atoms with E-state index in [0.29, 0.717) is 17.9 Å². The van der Waals surface area contributed by atoms with Gasteiger partial charge in [0.15, 0.2) is 5.13 Å². The van der Waals surface area contributed by atoms with Gasteiger partial charge in [-0.2, -0.15) is 18.3 Å². The van der Waals surface area contributed by atoms with Crippen LogP contribution >= 0.6 is 11.3 Å². The summed E-state index contributed by atoms with van der Waals surface area (Å²) in [7, 11) is 1.77. The fourth-order valence-electron chi connectivity index (χ4n) is 1.23. The molecule has 0 amide bonds. The summed E-state index contributed by atoms with van der Waals surface area (Å²) < 4.78 is 38.5. The highest BCUT2D eigenvalue weighted by atomic mass is 32.1. The van der Waals surface area contributed by atoms with Crippen LogP contribution in [0.3, 0.4) is 0 Å².